The minimum Gasteiger partial charge on any atom is -0.322 e. The van der Waals surface area contributed by atoms with Crippen LogP contribution in [0.4, 0.5) is 5.69 Å². The topological polar surface area (TPSA) is 125 Å². The zero-order valence-electron chi connectivity index (χ0n) is 20.1. The third kappa shape index (κ3) is 7.10. The minimum absolute atomic E-state index is 0.0285. The number of hydroxylamine groups is 1. The van der Waals surface area contributed by atoms with Gasteiger partial charge >= 0.3 is 0 Å². The van der Waals surface area contributed by atoms with Gasteiger partial charge < -0.3 is 5.32 Å². The highest BCUT2D eigenvalue weighted by Gasteiger charge is 2.20. The molecule has 0 aliphatic heterocycles. The summed E-state index contributed by atoms with van der Waals surface area (Å²) >= 11 is 12.6. The number of halogens is 2. The van der Waals surface area contributed by atoms with Crippen molar-refractivity contribution < 1.29 is 23.2 Å². The van der Waals surface area contributed by atoms with Crippen LogP contribution < -0.4 is 10.8 Å². The van der Waals surface area contributed by atoms with Gasteiger partial charge in [0.25, 0.3) is 11.8 Å². The lowest BCUT2D eigenvalue weighted by Crippen LogP contribution is -2.14. The number of nitrogens with one attached hydrogen (secondary N) is 2. The summed E-state index contributed by atoms with van der Waals surface area (Å²) < 4.78 is 26.1. The summed E-state index contributed by atoms with van der Waals surface area (Å²) in [4.78, 5) is 28.4. The molecule has 4 aromatic rings. The SMILES string of the molecule is O=C(/C=C/c1cccc(CS(=O)(=O)c2ccc(C(=O)Nc3ccc(Cl)c(-c4ccccn4)c3)c(Cl)c2)c1)NO. The van der Waals surface area contributed by atoms with Crippen molar-refractivity contribution in [3.8, 4) is 11.3 Å². The molecule has 0 aliphatic carbocycles. The fourth-order valence-corrected chi connectivity index (χ4v) is 5.60. The number of nitrogens with zero attached hydrogens (tertiary/aromatic N) is 1. The molecular formula is C28H21Cl2N3O5S. The first-order chi connectivity index (χ1) is 18.7. The number of rotatable bonds is 8. The molecule has 198 valence electrons. The van der Waals surface area contributed by atoms with Gasteiger partial charge in [0, 0.05) is 23.5 Å². The predicted octanol–water partition coefficient (Wildman–Crippen LogP) is 5.80. The molecule has 0 aliphatic rings. The molecule has 0 atom stereocenters. The van der Waals surface area contributed by atoms with Crippen LogP contribution in [0.25, 0.3) is 17.3 Å². The smallest absolute Gasteiger partial charge is 0.267 e. The number of carbonyl (C=O) groups is 2. The van der Waals surface area contributed by atoms with Gasteiger partial charge in [0.2, 0.25) is 0 Å². The van der Waals surface area contributed by atoms with Gasteiger partial charge in [0.05, 0.1) is 32.0 Å². The van der Waals surface area contributed by atoms with Crippen molar-refractivity contribution >= 4 is 56.6 Å². The molecule has 3 aromatic carbocycles. The third-order valence-corrected chi connectivity index (χ3v) is 7.88. The lowest BCUT2D eigenvalue weighted by molar-refractivity contribution is -0.124. The van der Waals surface area contributed by atoms with Gasteiger partial charge in [-0.3, -0.25) is 19.8 Å². The Labute approximate surface area is 234 Å². The van der Waals surface area contributed by atoms with Crippen LogP contribution in [0.5, 0.6) is 0 Å². The van der Waals surface area contributed by atoms with Crippen LogP contribution in [0.15, 0.2) is 96.0 Å². The van der Waals surface area contributed by atoms with Crippen molar-refractivity contribution in [2.24, 2.45) is 0 Å². The van der Waals surface area contributed by atoms with Crippen molar-refractivity contribution in [1.82, 2.24) is 10.5 Å². The second kappa shape index (κ2) is 12.2. The van der Waals surface area contributed by atoms with Gasteiger partial charge in [-0.15, -0.1) is 0 Å². The molecule has 1 heterocycles. The Hall–Kier alpha value is -4.02. The first-order valence-corrected chi connectivity index (χ1v) is 13.8. The second-order valence-electron chi connectivity index (χ2n) is 8.32. The maximum absolute atomic E-state index is 13.1. The Morgan fingerprint density at radius 1 is 0.923 bits per heavy atom. The van der Waals surface area contributed by atoms with Gasteiger partial charge in [0.1, 0.15) is 0 Å². The number of carbonyl (C=O) groups excluding carboxylic acids is 2. The fraction of sp³-hybridized carbons (Fsp3) is 0.0357. The van der Waals surface area contributed by atoms with Crippen LogP contribution in [0.1, 0.15) is 21.5 Å². The maximum atomic E-state index is 13.1. The summed E-state index contributed by atoms with van der Waals surface area (Å²) in [5, 5.41) is 11.8. The van der Waals surface area contributed by atoms with E-state index < -0.39 is 21.7 Å². The molecule has 0 unspecified atom stereocenters. The molecule has 0 saturated carbocycles. The van der Waals surface area contributed by atoms with E-state index in [9.17, 15) is 18.0 Å². The fourth-order valence-electron chi connectivity index (χ4n) is 3.69. The molecule has 0 spiro atoms. The standard InChI is InChI=1S/C28H21Cl2N3O5S/c29-24-11-8-20(15-23(24)26-6-1-2-13-31-26)32-28(35)22-10-9-21(16-25(22)30)39(37,38)17-19-5-3-4-18(14-19)7-12-27(34)33-36/h1-16,36H,17H2,(H,32,35)(H,33,34)/b12-7+. The molecule has 11 heteroatoms. The summed E-state index contributed by atoms with van der Waals surface area (Å²) in [6.07, 6.45) is 4.19. The Morgan fingerprint density at radius 2 is 1.74 bits per heavy atom. The van der Waals surface area contributed by atoms with Crippen LogP contribution in [0, 0.1) is 0 Å². The lowest BCUT2D eigenvalue weighted by atomic mass is 10.1. The van der Waals surface area contributed by atoms with Crippen LogP contribution in [-0.2, 0) is 20.4 Å². The first kappa shape index (κ1) is 28.0. The van der Waals surface area contributed by atoms with E-state index in [1.165, 1.54) is 29.8 Å². The number of aromatic nitrogens is 1. The first-order valence-electron chi connectivity index (χ1n) is 11.4. The Kier molecular flexibility index (Phi) is 8.78. The molecule has 39 heavy (non-hydrogen) atoms. The number of sulfone groups is 1. The number of hydrogen-bond donors (Lipinski definition) is 3. The van der Waals surface area contributed by atoms with Crippen molar-refractivity contribution in [3.05, 3.63) is 118 Å². The summed E-state index contributed by atoms with van der Waals surface area (Å²) in [5.74, 6) is -1.56. The Morgan fingerprint density at radius 3 is 2.46 bits per heavy atom. The Bertz CT molecular complexity index is 1680. The van der Waals surface area contributed by atoms with E-state index in [4.69, 9.17) is 28.4 Å². The van der Waals surface area contributed by atoms with E-state index in [0.29, 0.717) is 33.1 Å². The van der Waals surface area contributed by atoms with Gasteiger partial charge in [0.15, 0.2) is 9.84 Å². The lowest BCUT2D eigenvalue weighted by Gasteiger charge is -2.11. The van der Waals surface area contributed by atoms with Crippen molar-refractivity contribution in [2.75, 3.05) is 5.32 Å². The van der Waals surface area contributed by atoms with E-state index in [-0.39, 0.29) is 21.2 Å². The molecule has 1 aromatic heterocycles. The Balaban J connectivity index is 1.51. The minimum atomic E-state index is -3.81. The summed E-state index contributed by atoms with van der Waals surface area (Å²) in [6, 6.07) is 20.9. The average molecular weight is 582 g/mol. The van der Waals surface area contributed by atoms with Crippen molar-refractivity contribution in [1.29, 1.82) is 0 Å². The van der Waals surface area contributed by atoms with Gasteiger partial charge in [-0.1, -0.05) is 53.5 Å². The highest BCUT2D eigenvalue weighted by atomic mass is 35.5. The van der Waals surface area contributed by atoms with E-state index in [2.05, 4.69) is 10.3 Å². The second-order valence-corrected chi connectivity index (χ2v) is 11.1. The predicted molar refractivity (Wildman–Crippen MR) is 150 cm³/mol. The van der Waals surface area contributed by atoms with Crippen LogP contribution in [0.2, 0.25) is 10.0 Å². The normalized spacial score (nSPS) is 11.4. The number of amides is 2. The highest BCUT2D eigenvalue weighted by molar-refractivity contribution is 7.90. The molecular weight excluding hydrogens is 561 g/mol. The molecule has 8 nitrogen and oxygen atoms in total. The molecule has 0 fully saturated rings. The highest BCUT2D eigenvalue weighted by Crippen LogP contribution is 2.30. The van der Waals surface area contributed by atoms with Gasteiger partial charge in [-0.2, -0.15) is 0 Å². The monoisotopic (exact) mass is 581 g/mol. The van der Waals surface area contributed by atoms with Gasteiger partial charge in [-0.25, -0.2) is 13.9 Å². The van der Waals surface area contributed by atoms with E-state index in [0.717, 1.165) is 6.08 Å². The van der Waals surface area contributed by atoms with E-state index in [1.807, 2.05) is 6.07 Å². The average Bonchev–Trinajstić information content (AvgIpc) is 2.93. The molecule has 0 radical (unpaired) electrons. The van der Waals surface area contributed by atoms with Gasteiger partial charge in [-0.05, 0) is 65.7 Å². The molecule has 0 bridgehead atoms. The number of benzene rings is 3. The quantitative estimate of drug-likeness (QED) is 0.137. The summed E-state index contributed by atoms with van der Waals surface area (Å²) in [6.45, 7) is 0. The summed E-state index contributed by atoms with van der Waals surface area (Å²) in [7, 11) is -3.81. The molecule has 0 saturated heterocycles. The van der Waals surface area contributed by atoms with Crippen molar-refractivity contribution in [3.63, 3.8) is 0 Å². The maximum Gasteiger partial charge on any atom is 0.267 e. The molecule has 3 N–H and O–H groups in total. The molecule has 2 amide bonds. The van der Waals surface area contributed by atoms with E-state index >= 15 is 0 Å². The van der Waals surface area contributed by atoms with Crippen LogP contribution >= 0.6 is 23.2 Å². The van der Waals surface area contributed by atoms with Crippen LogP contribution in [-0.4, -0.2) is 30.4 Å². The number of hydrogen-bond acceptors (Lipinski definition) is 6. The zero-order valence-corrected chi connectivity index (χ0v) is 22.5. The van der Waals surface area contributed by atoms with Crippen LogP contribution in [0.3, 0.4) is 0 Å². The third-order valence-electron chi connectivity index (χ3n) is 5.55. The number of pyridine rings is 1. The molecule has 4 rings (SSSR count). The number of anilines is 1. The summed E-state index contributed by atoms with van der Waals surface area (Å²) in [5.41, 5.74) is 4.37. The zero-order chi connectivity index (χ0) is 28.0. The largest absolute Gasteiger partial charge is 0.322 e. The van der Waals surface area contributed by atoms with E-state index in [1.54, 1.807) is 60.8 Å². The van der Waals surface area contributed by atoms with Crippen molar-refractivity contribution in [2.45, 2.75) is 10.6 Å².